The standard InChI is InChI=1S/C12H10N4O2/c1-16-5-4-13-11(16)10-14-8-3-2-7(12(17)18)6-9(8)15-10/h2-6H,1H3,(H,14,15)(H,17,18)/p-1. The number of aromatic amines is 1. The first kappa shape index (κ1) is 10.5. The first-order valence-corrected chi connectivity index (χ1v) is 5.34. The maximum atomic E-state index is 10.8. The first-order valence-electron chi connectivity index (χ1n) is 5.34. The summed E-state index contributed by atoms with van der Waals surface area (Å²) in [7, 11) is 1.86. The van der Waals surface area contributed by atoms with Crippen molar-refractivity contribution in [3.05, 3.63) is 36.2 Å². The quantitative estimate of drug-likeness (QED) is 0.700. The molecule has 0 atom stereocenters. The summed E-state index contributed by atoms with van der Waals surface area (Å²) in [4.78, 5) is 22.4. The summed E-state index contributed by atoms with van der Waals surface area (Å²) >= 11 is 0. The van der Waals surface area contributed by atoms with Crippen molar-refractivity contribution in [2.75, 3.05) is 0 Å². The minimum Gasteiger partial charge on any atom is -0.545 e. The molecule has 90 valence electrons. The molecule has 2 heterocycles. The number of nitrogens with one attached hydrogen (secondary N) is 1. The molecule has 2 aromatic heterocycles. The molecule has 0 aliphatic heterocycles. The molecule has 0 aliphatic carbocycles. The Balaban J connectivity index is 2.17. The van der Waals surface area contributed by atoms with Crippen LogP contribution < -0.4 is 5.11 Å². The average Bonchev–Trinajstić information content (AvgIpc) is 2.92. The molecular weight excluding hydrogens is 232 g/mol. The SMILES string of the molecule is Cn1ccnc1-c1nc2ccc(C(=O)[O-])cc2[nH]1. The summed E-state index contributed by atoms with van der Waals surface area (Å²) < 4.78 is 1.83. The average molecular weight is 241 g/mol. The fourth-order valence-electron chi connectivity index (χ4n) is 1.84. The van der Waals surface area contributed by atoms with E-state index in [9.17, 15) is 9.90 Å². The first-order chi connectivity index (χ1) is 8.65. The molecular formula is C12H9N4O2-. The topological polar surface area (TPSA) is 86.6 Å². The summed E-state index contributed by atoms with van der Waals surface area (Å²) in [5.74, 6) is 0.0965. The zero-order chi connectivity index (χ0) is 12.7. The molecule has 0 spiro atoms. The number of carbonyl (C=O) groups excluding carboxylic acids is 1. The largest absolute Gasteiger partial charge is 0.545 e. The highest BCUT2D eigenvalue weighted by molar-refractivity contribution is 5.91. The minimum atomic E-state index is -1.20. The lowest BCUT2D eigenvalue weighted by molar-refractivity contribution is -0.255. The van der Waals surface area contributed by atoms with Crippen LogP contribution in [-0.2, 0) is 7.05 Å². The van der Waals surface area contributed by atoms with E-state index in [-0.39, 0.29) is 5.56 Å². The Morgan fingerprint density at radius 1 is 1.44 bits per heavy atom. The Bertz CT molecular complexity index is 741. The number of nitrogens with zero attached hydrogens (tertiary/aromatic N) is 3. The van der Waals surface area contributed by atoms with Crippen molar-refractivity contribution in [3.63, 3.8) is 0 Å². The van der Waals surface area contributed by atoms with Crippen molar-refractivity contribution < 1.29 is 9.90 Å². The van der Waals surface area contributed by atoms with Gasteiger partial charge in [-0.2, -0.15) is 0 Å². The Kier molecular flexibility index (Phi) is 2.16. The fourth-order valence-corrected chi connectivity index (χ4v) is 1.84. The van der Waals surface area contributed by atoms with Crippen LogP contribution in [0.5, 0.6) is 0 Å². The number of carboxylic acid groups (broad SMARTS) is 1. The second kappa shape index (κ2) is 3.69. The number of aromatic nitrogens is 4. The Morgan fingerprint density at radius 3 is 2.94 bits per heavy atom. The van der Waals surface area contributed by atoms with Gasteiger partial charge >= 0.3 is 0 Å². The molecule has 0 unspecified atom stereocenters. The Morgan fingerprint density at radius 2 is 2.28 bits per heavy atom. The highest BCUT2D eigenvalue weighted by Gasteiger charge is 2.09. The van der Waals surface area contributed by atoms with Crippen LogP contribution in [0.25, 0.3) is 22.7 Å². The van der Waals surface area contributed by atoms with Gasteiger partial charge in [-0.05, 0) is 17.7 Å². The molecule has 1 aromatic carbocycles. The van der Waals surface area contributed by atoms with Gasteiger partial charge in [0.25, 0.3) is 0 Å². The van der Waals surface area contributed by atoms with Crippen molar-refractivity contribution in [1.29, 1.82) is 0 Å². The van der Waals surface area contributed by atoms with Gasteiger partial charge in [-0.15, -0.1) is 0 Å². The van der Waals surface area contributed by atoms with Gasteiger partial charge in [-0.25, -0.2) is 9.97 Å². The molecule has 0 radical (unpaired) electrons. The maximum absolute atomic E-state index is 10.8. The highest BCUT2D eigenvalue weighted by atomic mass is 16.4. The number of hydrogen-bond acceptors (Lipinski definition) is 4. The van der Waals surface area contributed by atoms with Crippen LogP contribution in [0.2, 0.25) is 0 Å². The van der Waals surface area contributed by atoms with E-state index in [0.29, 0.717) is 22.7 Å². The zero-order valence-electron chi connectivity index (χ0n) is 9.54. The summed E-state index contributed by atoms with van der Waals surface area (Å²) in [5.41, 5.74) is 1.46. The zero-order valence-corrected chi connectivity index (χ0v) is 9.54. The van der Waals surface area contributed by atoms with E-state index in [4.69, 9.17) is 0 Å². The Labute approximate surface area is 102 Å². The number of H-pyrrole nitrogens is 1. The van der Waals surface area contributed by atoms with Gasteiger partial charge in [0, 0.05) is 19.4 Å². The number of hydrogen-bond donors (Lipinski definition) is 1. The van der Waals surface area contributed by atoms with Crippen molar-refractivity contribution in [2.45, 2.75) is 0 Å². The van der Waals surface area contributed by atoms with Gasteiger partial charge in [0.2, 0.25) is 0 Å². The van der Waals surface area contributed by atoms with Crippen LogP contribution in [-0.4, -0.2) is 25.5 Å². The van der Waals surface area contributed by atoms with E-state index in [0.717, 1.165) is 0 Å². The molecule has 6 heteroatoms. The Hall–Kier alpha value is -2.63. The molecule has 0 amide bonds. The lowest BCUT2D eigenvalue weighted by atomic mass is 10.2. The van der Waals surface area contributed by atoms with Crippen molar-refractivity contribution >= 4 is 17.0 Å². The monoisotopic (exact) mass is 241 g/mol. The van der Waals surface area contributed by atoms with Crippen molar-refractivity contribution in [2.24, 2.45) is 7.05 Å². The molecule has 3 rings (SSSR count). The van der Waals surface area contributed by atoms with Crippen LogP contribution in [0.15, 0.2) is 30.6 Å². The van der Waals surface area contributed by atoms with Crippen LogP contribution >= 0.6 is 0 Å². The van der Waals surface area contributed by atoms with Crippen molar-refractivity contribution in [1.82, 2.24) is 19.5 Å². The molecule has 1 N–H and O–H groups in total. The van der Waals surface area contributed by atoms with Gasteiger partial charge in [0.1, 0.15) is 0 Å². The lowest BCUT2D eigenvalue weighted by Crippen LogP contribution is -2.21. The predicted octanol–water partition coefficient (Wildman–Crippen LogP) is 0.327. The third-order valence-electron chi connectivity index (χ3n) is 2.75. The molecule has 0 saturated carbocycles. The molecule has 6 nitrogen and oxygen atoms in total. The van der Waals surface area contributed by atoms with Gasteiger partial charge in [0.15, 0.2) is 11.6 Å². The van der Waals surface area contributed by atoms with Gasteiger partial charge in [-0.1, -0.05) is 6.07 Å². The smallest absolute Gasteiger partial charge is 0.175 e. The second-order valence-corrected chi connectivity index (χ2v) is 3.97. The van der Waals surface area contributed by atoms with Gasteiger partial charge < -0.3 is 19.5 Å². The molecule has 0 fully saturated rings. The van der Waals surface area contributed by atoms with Gasteiger partial charge in [0.05, 0.1) is 17.0 Å². The summed E-state index contributed by atoms with van der Waals surface area (Å²) in [6.45, 7) is 0. The van der Waals surface area contributed by atoms with E-state index < -0.39 is 5.97 Å². The van der Waals surface area contributed by atoms with Gasteiger partial charge in [-0.3, -0.25) is 0 Å². The van der Waals surface area contributed by atoms with E-state index in [1.54, 1.807) is 12.3 Å². The van der Waals surface area contributed by atoms with Crippen LogP contribution in [0.1, 0.15) is 10.4 Å². The summed E-state index contributed by atoms with van der Waals surface area (Å²) in [6.07, 6.45) is 3.49. The third kappa shape index (κ3) is 1.55. The van der Waals surface area contributed by atoms with E-state index in [2.05, 4.69) is 15.0 Å². The number of aryl methyl sites for hydroxylation is 1. The number of fused-ring (bicyclic) bond motifs is 1. The van der Waals surface area contributed by atoms with Crippen LogP contribution in [0.3, 0.4) is 0 Å². The third-order valence-corrected chi connectivity index (χ3v) is 2.75. The van der Waals surface area contributed by atoms with Crippen LogP contribution in [0, 0.1) is 0 Å². The predicted molar refractivity (Wildman–Crippen MR) is 62.6 cm³/mol. The molecule has 0 saturated heterocycles. The van der Waals surface area contributed by atoms with Crippen LogP contribution in [0.4, 0.5) is 0 Å². The van der Waals surface area contributed by atoms with Crippen molar-refractivity contribution in [3.8, 4) is 11.6 Å². The number of carbonyl (C=O) groups is 1. The number of carboxylic acids is 1. The minimum absolute atomic E-state index is 0.123. The molecule has 0 bridgehead atoms. The lowest BCUT2D eigenvalue weighted by Gasteiger charge is -2.00. The number of benzene rings is 1. The number of imidazole rings is 2. The van der Waals surface area contributed by atoms with E-state index in [1.807, 2.05) is 17.8 Å². The maximum Gasteiger partial charge on any atom is 0.175 e. The fraction of sp³-hybridized carbons (Fsp3) is 0.0833. The molecule has 3 aromatic rings. The molecule has 18 heavy (non-hydrogen) atoms. The summed E-state index contributed by atoms with van der Waals surface area (Å²) in [5, 5.41) is 10.8. The van der Waals surface area contributed by atoms with E-state index >= 15 is 0 Å². The van der Waals surface area contributed by atoms with E-state index in [1.165, 1.54) is 12.1 Å². The summed E-state index contributed by atoms with van der Waals surface area (Å²) in [6, 6.07) is 4.62. The normalized spacial score (nSPS) is 10.9. The number of aromatic carboxylic acids is 1. The number of rotatable bonds is 2. The second-order valence-electron chi connectivity index (χ2n) is 3.97. The molecule has 0 aliphatic rings. The highest BCUT2D eigenvalue weighted by Crippen LogP contribution is 2.19.